The largest absolute Gasteiger partial charge is 0.481 e. The van der Waals surface area contributed by atoms with E-state index in [2.05, 4.69) is 0 Å². The molecule has 102 valence electrons. The van der Waals surface area contributed by atoms with E-state index in [1.807, 2.05) is 42.5 Å². The van der Waals surface area contributed by atoms with Gasteiger partial charge in [-0.2, -0.15) is 0 Å². The highest BCUT2D eigenvalue weighted by Crippen LogP contribution is 2.42. The summed E-state index contributed by atoms with van der Waals surface area (Å²) in [5, 5.41) is 9.55. The molecule has 0 aromatic heterocycles. The summed E-state index contributed by atoms with van der Waals surface area (Å²) in [7, 11) is 0. The second-order valence-corrected chi connectivity index (χ2v) is 5.03. The molecule has 3 atom stereocenters. The van der Waals surface area contributed by atoms with E-state index in [4.69, 9.17) is 4.74 Å². The highest BCUT2D eigenvalue weighted by molar-refractivity contribution is 6.00. The molecule has 0 amide bonds. The molecule has 0 saturated heterocycles. The van der Waals surface area contributed by atoms with Crippen molar-refractivity contribution in [2.45, 2.75) is 18.9 Å². The van der Waals surface area contributed by atoms with Gasteiger partial charge in [-0.05, 0) is 12.5 Å². The van der Waals surface area contributed by atoms with Gasteiger partial charge in [-0.3, -0.25) is 4.79 Å². The lowest BCUT2D eigenvalue weighted by Crippen LogP contribution is -2.28. The Labute approximate surface area is 116 Å². The van der Waals surface area contributed by atoms with Crippen LogP contribution >= 0.6 is 0 Å². The Morgan fingerprint density at radius 2 is 1.95 bits per heavy atom. The average Bonchev–Trinajstić information content (AvgIpc) is 2.74. The van der Waals surface area contributed by atoms with Crippen molar-refractivity contribution in [1.82, 2.24) is 0 Å². The maximum absolute atomic E-state index is 11.9. The number of hydrogen-bond acceptors (Lipinski definition) is 3. The summed E-state index contributed by atoms with van der Waals surface area (Å²) in [5.41, 5.74) is 1.87. The van der Waals surface area contributed by atoms with E-state index in [-0.39, 0.29) is 12.0 Å². The first kappa shape index (κ1) is 12.7. The quantitative estimate of drug-likeness (QED) is 0.837. The van der Waals surface area contributed by atoms with E-state index < -0.39 is 17.9 Å². The zero-order valence-electron chi connectivity index (χ0n) is 10.9. The molecule has 1 heterocycles. The van der Waals surface area contributed by atoms with Crippen LogP contribution in [0.1, 0.15) is 18.4 Å². The van der Waals surface area contributed by atoms with Gasteiger partial charge in [0.05, 0.1) is 11.5 Å². The molecule has 1 aliphatic heterocycles. The number of carboxylic acid groups (broad SMARTS) is 1. The van der Waals surface area contributed by atoms with Gasteiger partial charge in [0.25, 0.3) is 0 Å². The summed E-state index contributed by atoms with van der Waals surface area (Å²) in [6, 6.07) is 9.35. The molecule has 1 aliphatic carbocycles. The summed E-state index contributed by atoms with van der Waals surface area (Å²) in [6.45, 7) is 1.76. The van der Waals surface area contributed by atoms with Crippen molar-refractivity contribution in [2.75, 3.05) is 0 Å². The smallest absolute Gasteiger partial charge is 0.335 e. The van der Waals surface area contributed by atoms with Gasteiger partial charge >= 0.3 is 11.9 Å². The third-order valence-electron chi connectivity index (χ3n) is 3.86. The van der Waals surface area contributed by atoms with Gasteiger partial charge in [0.1, 0.15) is 6.10 Å². The number of hydrogen-bond donors (Lipinski definition) is 1. The number of aliphatic carboxylic acids is 1. The SMILES string of the molecule is C[C@@H]1OC(=O)C2=C1C=C[C@H](c1ccccc1)[C@@H]2C(=O)O. The van der Waals surface area contributed by atoms with Crippen molar-refractivity contribution in [3.63, 3.8) is 0 Å². The normalized spacial score (nSPS) is 28.2. The molecule has 1 aromatic carbocycles. The van der Waals surface area contributed by atoms with Gasteiger partial charge in [-0.25, -0.2) is 4.79 Å². The molecular weight excluding hydrogens is 256 g/mol. The van der Waals surface area contributed by atoms with Crippen molar-refractivity contribution in [3.05, 3.63) is 59.2 Å². The fraction of sp³-hybridized carbons (Fsp3) is 0.250. The number of rotatable bonds is 2. The molecule has 0 fully saturated rings. The molecule has 2 aliphatic rings. The van der Waals surface area contributed by atoms with Crippen molar-refractivity contribution in [1.29, 1.82) is 0 Å². The first-order valence-electron chi connectivity index (χ1n) is 6.50. The molecule has 0 saturated carbocycles. The molecule has 20 heavy (non-hydrogen) atoms. The number of carbonyl (C=O) groups is 2. The van der Waals surface area contributed by atoms with Gasteiger partial charge in [0.15, 0.2) is 0 Å². The molecule has 0 spiro atoms. The minimum absolute atomic E-state index is 0.293. The minimum Gasteiger partial charge on any atom is -0.481 e. The van der Waals surface area contributed by atoms with E-state index in [1.165, 1.54) is 0 Å². The van der Waals surface area contributed by atoms with Gasteiger partial charge in [0, 0.05) is 11.5 Å². The third kappa shape index (κ3) is 1.84. The topological polar surface area (TPSA) is 63.6 Å². The Hall–Kier alpha value is -2.36. The summed E-state index contributed by atoms with van der Waals surface area (Å²) >= 11 is 0. The average molecular weight is 270 g/mol. The summed E-state index contributed by atoms with van der Waals surface area (Å²) < 4.78 is 5.15. The van der Waals surface area contributed by atoms with Gasteiger partial charge < -0.3 is 9.84 Å². The summed E-state index contributed by atoms with van der Waals surface area (Å²) in [6.07, 6.45) is 3.31. The van der Waals surface area contributed by atoms with E-state index in [1.54, 1.807) is 6.92 Å². The number of carboxylic acids is 1. The van der Waals surface area contributed by atoms with E-state index in [0.717, 1.165) is 5.56 Å². The molecule has 0 radical (unpaired) electrons. The lowest BCUT2D eigenvalue weighted by Gasteiger charge is -2.25. The first-order valence-corrected chi connectivity index (χ1v) is 6.50. The van der Waals surface area contributed by atoms with Crippen LogP contribution in [0.2, 0.25) is 0 Å². The predicted molar refractivity (Wildman–Crippen MR) is 72.0 cm³/mol. The molecule has 4 nitrogen and oxygen atoms in total. The Morgan fingerprint density at radius 3 is 2.60 bits per heavy atom. The Balaban J connectivity index is 2.08. The zero-order valence-corrected chi connectivity index (χ0v) is 10.9. The van der Waals surface area contributed by atoms with Crippen LogP contribution in [0.5, 0.6) is 0 Å². The number of cyclic esters (lactones) is 1. The second-order valence-electron chi connectivity index (χ2n) is 5.03. The van der Waals surface area contributed by atoms with Crippen LogP contribution in [0.4, 0.5) is 0 Å². The van der Waals surface area contributed by atoms with Crippen molar-refractivity contribution in [3.8, 4) is 0 Å². The highest BCUT2D eigenvalue weighted by Gasteiger charge is 2.44. The standard InChI is InChI=1S/C16H14O4/c1-9-11-7-8-12(10-5-3-2-4-6-10)13(15(17)18)14(11)16(19)20-9/h2-9,12-13H,1H3,(H,17,18)/t9-,12+,13-/m0/s1. The lowest BCUT2D eigenvalue weighted by atomic mass is 9.76. The Kier molecular flexibility index (Phi) is 2.93. The van der Waals surface area contributed by atoms with Gasteiger partial charge in [-0.15, -0.1) is 0 Å². The maximum atomic E-state index is 11.9. The maximum Gasteiger partial charge on any atom is 0.335 e. The Morgan fingerprint density at radius 1 is 1.25 bits per heavy atom. The van der Waals surface area contributed by atoms with Crippen LogP contribution in [0.25, 0.3) is 0 Å². The van der Waals surface area contributed by atoms with Gasteiger partial charge in [0.2, 0.25) is 0 Å². The molecule has 0 unspecified atom stereocenters. The monoisotopic (exact) mass is 270 g/mol. The zero-order chi connectivity index (χ0) is 14.3. The molecule has 3 rings (SSSR count). The first-order chi connectivity index (χ1) is 9.59. The van der Waals surface area contributed by atoms with Crippen LogP contribution in [0, 0.1) is 5.92 Å². The minimum atomic E-state index is -0.998. The van der Waals surface area contributed by atoms with Crippen molar-refractivity contribution < 1.29 is 19.4 Å². The summed E-state index contributed by atoms with van der Waals surface area (Å²) in [4.78, 5) is 23.6. The van der Waals surface area contributed by atoms with Crippen molar-refractivity contribution >= 4 is 11.9 Å². The van der Waals surface area contributed by atoms with E-state index in [9.17, 15) is 14.7 Å². The molecule has 1 aromatic rings. The molecule has 4 heteroatoms. The Bertz CT molecular complexity index is 627. The number of allylic oxidation sites excluding steroid dienone is 1. The number of benzene rings is 1. The second kappa shape index (κ2) is 4.63. The molecular formula is C16H14O4. The fourth-order valence-electron chi connectivity index (χ4n) is 2.91. The number of ether oxygens (including phenoxy) is 1. The van der Waals surface area contributed by atoms with Crippen LogP contribution in [-0.4, -0.2) is 23.1 Å². The summed E-state index contributed by atoms with van der Waals surface area (Å²) in [5.74, 6) is -2.73. The highest BCUT2D eigenvalue weighted by atomic mass is 16.5. The third-order valence-corrected chi connectivity index (χ3v) is 3.86. The van der Waals surface area contributed by atoms with E-state index in [0.29, 0.717) is 11.1 Å². The predicted octanol–water partition coefficient (Wildman–Crippen LogP) is 2.28. The van der Waals surface area contributed by atoms with Gasteiger partial charge in [-0.1, -0.05) is 42.5 Å². The van der Waals surface area contributed by atoms with Crippen LogP contribution < -0.4 is 0 Å². The molecule has 0 bridgehead atoms. The molecule has 1 N–H and O–H groups in total. The van der Waals surface area contributed by atoms with E-state index >= 15 is 0 Å². The number of carbonyl (C=O) groups excluding carboxylic acids is 1. The lowest BCUT2D eigenvalue weighted by molar-refractivity contribution is -0.145. The van der Waals surface area contributed by atoms with Crippen LogP contribution in [0.3, 0.4) is 0 Å². The van der Waals surface area contributed by atoms with Crippen LogP contribution in [-0.2, 0) is 14.3 Å². The van der Waals surface area contributed by atoms with Crippen molar-refractivity contribution in [2.24, 2.45) is 5.92 Å². The fourth-order valence-corrected chi connectivity index (χ4v) is 2.91. The van der Waals surface area contributed by atoms with Crippen LogP contribution in [0.15, 0.2) is 53.6 Å². The number of esters is 1.